The molecule has 0 spiro atoms. The molecule has 0 aliphatic carbocycles. The highest BCUT2D eigenvalue weighted by atomic mass is 35.5. The summed E-state index contributed by atoms with van der Waals surface area (Å²) in [5.41, 5.74) is 1.22. The van der Waals surface area contributed by atoms with Gasteiger partial charge in [-0.2, -0.15) is 0 Å². The lowest BCUT2D eigenvalue weighted by Crippen LogP contribution is -2.03. The van der Waals surface area contributed by atoms with E-state index in [1.54, 1.807) is 12.4 Å². The number of nitrogens with one attached hydrogen (secondary N) is 1. The predicted molar refractivity (Wildman–Crippen MR) is 78.3 cm³/mol. The lowest BCUT2D eigenvalue weighted by molar-refractivity contribution is 1.06. The van der Waals surface area contributed by atoms with Crippen LogP contribution in [0.4, 0.5) is 5.95 Å². The Morgan fingerprint density at radius 1 is 0.947 bits per heavy atom. The molecule has 0 saturated carbocycles. The molecule has 3 nitrogen and oxygen atoms in total. The van der Waals surface area contributed by atoms with Gasteiger partial charge in [-0.15, -0.1) is 0 Å². The highest BCUT2D eigenvalue weighted by Crippen LogP contribution is 2.19. The number of hydrogen-bond acceptors (Lipinski definition) is 3. The van der Waals surface area contributed by atoms with E-state index >= 15 is 0 Å². The van der Waals surface area contributed by atoms with E-state index < -0.39 is 0 Å². The molecule has 1 aromatic heterocycles. The third-order valence-corrected chi connectivity index (χ3v) is 3.13. The lowest BCUT2D eigenvalue weighted by Gasteiger charge is -2.08. The fourth-order valence-electron chi connectivity index (χ4n) is 2.02. The molecule has 0 unspecified atom stereocenters. The number of aromatic nitrogens is 2. The monoisotopic (exact) mass is 269 g/mol. The number of nitrogens with zero attached hydrogens (tertiary/aromatic N) is 2. The Kier molecular flexibility index (Phi) is 3.29. The summed E-state index contributed by atoms with van der Waals surface area (Å²) in [6.07, 6.45) is 3.17. The zero-order chi connectivity index (χ0) is 13.1. The largest absolute Gasteiger partial charge is 0.350 e. The first kappa shape index (κ1) is 11.9. The van der Waals surface area contributed by atoms with Crippen LogP contribution in [-0.4, -0.2) is 9.97 Å². The molecule has 1 heterocycles. The van der Waals surface area contributed by atoms with Crippen LogP contribution in [0.25, 0.3) is 10.8 Å². The Bertz CT molecular complexity index is 690. The standard InChI is InChI=1S/C15H12ClN3/c16-13-9-18-15(19-10-13)17-8-12-6-3-5-11-4-1-2-7-14(11)12/h1-7,9-10H,8H2,(H,17,18,19). The van der Waals surface area contributed by atoms with Crippen LogP contribution in [0.2, 0.25) is 5.02 Å². The maximum Gasteiger partial charge on any atom is 0.222 e. The number of hydrogen-bond donors (Lipinski definition) is 1. The summed E-state index contributed by atoms with van der Waals surface area (Å²) in [7, 11) is 0. The molecule has 0 aliphatic rings. The topological polar surface area (TPSA) is 37.8 Å². The van der Waals surface area contributed by atoms with E-state index in [4.69, 9.17) is 11.6 Å². The number of fused-ring (bicyclic) bond motifs is 1. The van der Waals surface area contributed by atoms with Crippen LogP contribution in [0.1, 0.15) is 5.56 Å². The van der Waals surface area contributed by atoms with Crippen LogP contribution in [0.3, 0.4) is 0 Å². The van der Waals surface area contributed by atoms with E-state index in [1.807, 2.05) is 12.1 Å². The molecule has 2 aromatic carbocycles. The van der Waals surface area contributed by atoms with Gasteiger partial charge in [0.15, 0.2) is 0 Å². The summed E-state index contributed by atoms with van der Waals surface area (Å²) >= 11 is 5.75. The van der Waals surface area contributed by atoms with Gasteiger partial charge in [-0.3, -0.25) is 0 Å². The minimum Gasteiger partial charge on any atom is -0.350 e. The SMILES string of the molecule is Clc1cnc(NCc2cccc3ccccc23)nc1. The number of anilines is 1. The van der Waals surface area contributed by atoms with Gasteiger partial charge in [-0.1, -0.05) is 54.1 Å². The van der Waals surface area contributed by atoms with Crippen molar-refractivity contribution in [3.05, 3.63) is 65.4 Å². The van der Waals surface area contributed by atoms with Gasteiger partial charge >= 0.3 is 0 Å². The Labute approximate surface area is 116 Å². The van der Waals surface area contributed by atoms with Crippen molar-refractivity contribution in [3.63, 3.8) is 0 Å². The maximum atomic E-state index is 5.75. The van der Waals surface area contributed by atoms with Gasteiger partial charge in [0.2, 0.25) is 5.95 Å². The minimum absolute atomic E-state index is 0.538. The van der Waals surface area contributed by atoms with E-state index in [-0.39, 0.29) is 0 Å². The summed E-state index contributed by atoms with van der Waals surface area (Å²) in [6, 6.07) is 14.6. The van der Waals surface area contributed by atoms with Crippen LogP contribution < -0.4 is 5.32 Å². The Hall–Kier alpha value is -2.13. The Morgan fingerprint density at radius 2 is 1.68 bits per heavy atom. The van der Waals surface area contributed by atoms with Crippen molar-refractivity contribution in [3.8, 4) is 0 Å². The molecule has 1 N–H and O–H groups in total. The van der Waals surface area contributed by atoms with Crippen LogP contribution >= 0.6 is 11.6 Å². The van der Waals surface area contributed by atoms with Crippen LogP contribution in [0, 0.1) is 0 Å². The van der Waals surface area contributed by atoms with Crippen LogP contribution in [0.15, 0.2) is 54.9 Å². The second-order valence-electron chi connectivity index (χ2n) is 4.22. The fraction of sp³-hybridized carbons (Fsp3) is 0.0667. The minimum atomic E-state index is 0.538. The third-order valence-electron chi connectivity index (χ3n) is 2.94. The molecule has 3 rings (SSSR count). The molecule has 3 aromatic rings. The first-order valence-electron chi connectivity index (χ1n) is 6.01. The molecule has 0 amide bonds. The van der Waals surface area contributed by atoms with E-state index in [1.165, 1.54) is 16.3 Å². The third kappa shape index (κ3) is 2.66. The first-order valence-corrected chi connectivity index (χ1v) is 6.39. The average molecular weight is 270 g/mol. The van der Waals surface area contributed by atoms with Crippen molar-refractivity contribution in [2.24, 2.45) is 0 Å². The molecule has 94 valence electrons. The second kappa shape index (κ2) is 5.24. The van der Waals surface area contributed by atoms with Gasteiger partial charge < -0.3 is 5.32 Å². The van der Waals surface area contributed by atoms with Gasteiger partial charge in [-0.25, -0.2) is 9.97 Å². The smallest absolute Gasteiger partial charge is 0.222 e. The number of halogens is 1. The molecule has 0 fully saturated rings. The summed E-state index contributed by atoms with van der Waals surface area (Å²) in [5.74, 6) is 0.581. The zero-order valence-electron chi connectivity index (χ0n) is 10.2. The molecule has 4 heteroatoms. The second-order valence-corrected chi connectivity index (χ2v) is 4.65. The van der Waals surface area contributed by atoms with Gasteiger partial charge in [0.05, 0.1) is 17.4 Å². The van der Waals surface area contributed by atoms with Crippen LogP contribution in [0.5, 0.6) is 0 Å². The molecule has 0 radical (unpaired) electrons. The normalized spacial score (nSPS) is 10.6. The molecule has 19 heavy (non-hydrogen) atoms. The maximum absolute atomic E-state index is 5.75. The van der Waals surface area contributed by atoms with Crippen molar-refractivity contribution in [1.29, 1.82) is 0 Å². The molecule has 0 atom stereocenters. The molecular formula is C15H12ClN3. The molecular weight excluding hydrogens is 258 g/mol. The summed E-state index contributed by atoms with van der Waals surface area (Å²) < 4.78 is 0. The van der Waals surface area contributed by atoms with Crippen molar-refractivity contribution < 1.29 is 0 Å². The summed E-state index contributed by atoms with van der Waals surface area (Å²) in [6.45, 7) is 0.684. The summed E-state index contributed by atoms with van der Waals surface area (Å²) in [4.78, 5) is 8.24. The van der Waals surface area contributed by atoms with Crippen LogP contribution in [-0.2, 0) is 6.54 Å². The van der Waals surface area contributed by atoms with Crippen molar-refractivity contribution in [2.45, 2.75) is 6.54 Å². The summed E-state index contributed by atoms with van der Waals surface area (Å²) in [5, 5.41) is 6.21. The van der Waals surface area contributed by atoms with Gasteiger partial charge in [0.25, 0.3) is 0 Å². The quantitative estimate of drug-likeness (QED) is 0.784. The van der Waals surface area contributed by atoms with E-state index in [0.29, 0.717) is 17.5 Å². The van der Waals surface area contributed by atoms with Crippen molar-refractivity contribution in [1.82, 2.24) is 9.97 Å². The molecule has 0 saturated heterocycles. The number of rotatable bonds is 3. The zero-order valence-corrected chi connectivity index (χ0v) is 10.9. The number of benzene rings is 2. The Balaban J connectivity index is 1.84. The highest BCUT2D eigenvalue weighted by Gasteiger charge is 2.01. The molecule has 0 bridgehead atoms. The highest BCUT2D eigenvalue weighted by molar-refractivity contribution is 6.30. The van der Waals surface area contributed by atoms with E-state index in [0.717, 1.165) is 0 Å². The van der Waals surface area contributed by atoms with Gasteiger partial charge in [0.1, 0.15) is 0 Å². The molecule has 0 aliphatic heterocycles. The lowest BCUT2D eigenvalue weighted by atomic mass is 10.0. The van der Waals surface area contributed by atoms with E-state index in [2.05, 4.69) is 45.6 Å². The first-order chi connectivity index (χ1) is 9.33. The van der Waals surface area contributed by atoms with Gasteiger partial charge in [-0.05, 0) is 16.3 Å². The fourth-order valence-corrected chi connectivity index (χ4v) is 2.12. The Morgan fingerprint density at radius 3 is 2.53 bits per heavy atom. The van der Waals surface area contributed by atoms with Crippen molar-refractivity contribution >= 4 is 28.3 Å². The van der Waals surface area contributed by atoms with Crippen molar-refractivity contribution in [2.75, 3.05) is 5.32 Å². The average Bonchev–Trinajstić information content (AvgIpc) is 2.47. The van der Waals surface area contributed by atoms with E-state index in [9.17, 15) is 0 Å². The van der Waals surface area contributed by atoms with Gasteiger partial charge in [0, 0.05) is 6.54 Å². The predicted octanol–water partition coefficient (Wildman–Crippen LogP) is 3.90.